The van der Waals surface area contributed by atoms with Gasteiger partial charge in [-0.25, -0.2) is 0 Å². The quantitative estimate of drug-likeness (QED) is 0.544. The highest BCUT2D eigenvalue weighted by atomic mass is 16.2. The van der Waals surface area contributed by atoms with E-state index in [9.17, 15) is 14.4 Å². The summed E-state index contributed by atoms with van der Waals surface area (Å²) in [4.78, 5) is 45.2. The molecule has 3 aliphatic rings. The summed E-state index contributed by atoms with van der Waals surface area (Å²) in [6.07, 6.45) is 5.84. The van der Waals surface area contributed by atoms with Gasteiger partial charge in [-0.2, -0.15) is 0 Å². The van der Waals surface area contributed by atoms with E-state index in [-0.39, 0.29) is 29.8 Å². The molecule has 3 unspecified atom stereocenters. The Morgan fingerprint density at radius 1 is 1.03 bits per heavy atom. The Labute approximate surface area is 204 Å². The van der Waals surface area contributed by atoms with Crippen LogP contribution < -0.4 is 10.6 Å². The van der Waals surface area contributed by atoms with Crippen molar-refractivity contribution in [2.45, 2.75) is 69.6 Å². The number of para-hydroxylation sites is 1. The van der Waals surface area contributed by atoms with Gasteiger partial charge < -0.3 is 20.5 Å². The van der Waals surface area contributed by atoms with E-state index in [1.54, 1.807) is 11.8 Å². The van der Waals surface area contributed by atoms with Gasteiger partial charge in [0.05, 0.1) is 6.04 Å². The summed E-state index contributed by atoms with van der Waals surface area (Å²) in [5.41, 5.74) is 4.56. The molecule has 3 atom stereocenters. The molecular weight excluding hydrogens is 440 g/mol. The topological polar surface area (TPSA) is 94.3 Å². The molecule has 35 heavy (non-hydrogen) atoms. The SMILES string of the molecule is CC(NC(=O)C1Cc2c([nH]c3ccccc23)C2c3ccccc3C(=O)N12)C(=O)NC1CCCCC1. The van der Waals surface area contributed by atoms with Crippen LogP contribution in [0.5, 0.6) is 0 Å². The molecule has 3 amide bonds. The maximum atomic E-state index is 13.6. The average molecular weight is 471 g/mol. The monoisotopic (exact) mass is 470 g/mol. The third kappa shape index (κ3) is 3.61. The molecule has 3 aromatic rings. The first-order valence-electron chi connectivity index (χ1n) is 12.6. The molecule has 1 aromatic heterocycles. The molecule has 2 aromatic carbocycles. The van der Waals surface area contributed by atoms with Crippen molar-refractivity contribution in [1.29, 1.82) is 0 Å². The lowest BCUT2D eigenvalue weighted by Crippen LogP contribution is -2.56. The molecule has 1 saturated carbocycles. The third-order valence-electron chi connectivity index (χ3n) is 7.86. The van der Waals surface area contributed by atoms with Crippen LogP contribution in [0.4, 0.5) is 0 Å². The highest BCUT2D eigenvalue weighted by molar-refractivity contribution is 6.04. The van der Waals surface area contributed by atoms with E-state index < -0.39 is 12.1 Å². The summed E-state index contributed by atoms with van der Waals surface area (Å²) < 4.78 is 0. The van der Waals surface area contributed by atoms with Crippen molar-refractivity contribution in [3.8, 4) is 0 Å². The van der Waals surface area contributed by atoms with Crippen LogP contribution in [-0.4, -0.2) is 45.7 Å². The van der Waals surface area contributed by atoms with Crippen LogP contribution in [0.25, 0.3) is 10.9 Å². The Kier molecular flexibility index (Phi) is 5.35. The van der Waals surface area contributed by atoms with Gasteiger partial charge in [0.2, 0.25) is 11.8 Å². The molecule has 180 valence electrons. The lowest BCUT2D eigenvalue weighted by atomic mass is 9.90. The molecule has 2 aliphatic heterocycles. The van der Waals surface area contributed by atoms with Gasteiger partial charge in [-0.05, 0) is 43.0 Å². The smallest absolute Gasteiger partial charge is 0.255 e. The van der Waals surface area contributed by atoms with Crippen LogP contribution >= 0.6 is 0 Å². The van der Waals surface area contributed by atoms with E-state index >= 15 is 0 Å². The normalized spacial score (nSPS) is 22.3. The van der Waals surface area contributed by atoms with Crippen molar-refractivity contribution >= 4 is 28.6 Å². The zero-order valence-corrected chi connectivity index (χ0v) is 19.8. The third-order valence-corrected chi connectivity index (χ3v) is 7.86. The van der Waals surface area contributed by atoms with Crippen molar-refractivity contribution in [3.63, 3.8) is 0 Å². The van der Waals surface area contributed by atoms with Crippen molar-refractivity contribution in [3.05, 3.63) is 70.9 Å². The lowest BCUT2D eigenvalue weighted by Gasteiger charge is -2.37. The molecule has 0 saturated heterocycles. The van der Waals surface area contributed by atoms with Crippen LogP contribution in [0.15, 0.2) is 48.5 Å². The summed E-state index contributed by atoms with van der Waals surface area (Å²) in [5.74, 6) is -0.603. The zero-order chi connectivity index (χ0) is 24.1. The minimum atomic E-state index is -0.698. The van der Waals surface area contributed by atoms with E-state index in [2.05, 4.69) is 21.7 Å². The molecule has 1 aliphatic carbocycles. The highest BCUT2D eigenvalue weighted by Gasteiger charge is 2.49. The summed E-state index contributed by atoms with van der Waals surface area (Å²) in [6.45, 7) is 1.72. The number of hydrogen-bond donors (Lipinski definition) is 3. The van der Waals surface area contributed by atoms with E-state index in [1.807, 2.05) is 42.5 Å². The van der Waals surface area contributed by atoms with Crippen molar-refractivity contribution < 1.29 is 14.4 Å². The second-order valence-corrected chi connectivity index (χ2v) is 10.1. The van der Waals surface area contributed by atoms with Crippen molar-refractivity contribution in [2.24, 2.45) is 0 Å². The molecule has 6 rings (SSSR count). The van der Waals surface area contributed by atoms with Gasteiger partial charge in [0.25, 0.3) is 5.91 Å². The van der Waals surface area contributed by atoms with Crippen LogP contribution in [0.2, 0.25) is 0 Å². The fourth-order valence-corrected chi connectivity index (χ4v) is 6.09. The van der Waals surface area contributed by atoms with Gasteiger partial charge in [-0.15, -0.1) is 0 Å². The highest BCUT2D eigenvalue weighted by Crippen LogP contribution is 2.46. The molecule has 0 bridgehead atoms. The first kappa shape index (κ1) is 21.9. The fourth-order valence-electron chi connectivity index (χ4n) is 6.09. The number of benzene rings is 2. The Hall–Kier alpha value is -3.61. The summed E-state index contributed by atoms with van der Waals surface area (Å²) in [7, 11) is 0. The van der Waals surface area contributed by atoms with Crippen LogP contribution in [0.1, 0.15) is 72.2 Å². The van der Waals surface area contributed by atoms with Gasteiger partial charge >= 0.3 is 0 Å². The number of rotatable bonds is 4. The van der Waals surface area contributed by atoms with Gasteiger partial charge in [-0.1, -0.05) is 55.7 Å². The maximum Gasteiger partial charge on any atom is 0.255 e. The Balaban J connectivity index is 1.31. The fraction of sp³-hybridized carbons (Fsp3) is 0.393. The number of carbonyl (C=O) groups is 3. The first-order chi connectivity index (χ1) is 17.0. The van der Waals surface area contributed by atoms with Crippen LogP contribution in [-0.2, 0) is 16.0 Å². The Bertz CT molecular complexity index is 1320. The average Bonchev–Trinajstić information content (AvgIpc) is 3.40. The number of carbonyl (C=O) groups excluding carboxylic acids is 3. The van der Waals surface area contributed by atoms with Crippen molar-refractivity contribution in [2.75, 3.05) is 0 Å². The first-order valence-corrected chi connectivity index (χ1v) is 12.6. The number of nitrogens with one attached hydrogen (secondary N) is 3. The summed E-state index contributed by atoms with van der Waals surface area (Å²) >= 11 is 0. The molecule has 7 nitrogen and oxygen atoms in total. The summed E-state index contributed by atoms with van der Waals surface area (Å²) in [5, 5.41) is 7.08. The maximum absolute atomic E-state index is 13.6. The van der Waals surface area contributed by atoms with Gasteiger partial charge in [0.1, 0.15) is 12.1 Å². The number of aromatic amines is 1. The molecule has 1 fully saturated rings. The lowest BCUT2D eigenvalue weighted by molar-refractivity contribution is -0.132. The standard InChI is InChI=1S/C28H30N4O3/c1-16(26(33)30-17-9-3-2-4-10-17)29-27(34)23-15-21-18-11-7-8-14-22(18)31-24(21)25-19-12-5-6-13-20(19)28(35)32(23)25/h5-8,11-14,16-17,23,25,31H,2-4,9-10,15H2,1H3,(H,29,34)(H,30,33). The Morgan fingerprint density at radius 3 is 2.60 bits per heavy atom. The molecule has 0 spiro atoms. The number of amides is 3. The van der Waals surface area contributed by atoms with E-state index in [0.29, 0.717) is 12.0 Å². The second kappa shape index (κ2) is 8.56. The predicted molar refractivity (Wildman–Crippen MR) is 133 cm³/mol. The van der Waals surface area contributed by atoms with Gasteiger partial charge in [0, 0.05) is 34.6 Å². The van der Waals surface area contributed by atoms with Crippen LogP contribution in [0.3, 0.4) is 0 Å². The number of hydrogen-bond acceptors (Lipinski definition) is 3. The minimum Gasteiger partial charge on any atom is -0.356 e. The van der Waals surface area contributed by atoms with Gasteiger partial charge in [0.15, 0.2) is 0 Å². The second-order valence-electron chi connectivity index (χ2n) is 10.1. The van der Waals surface area contributed by atoms with Gasteiger partial charge in [-0.3, -0.25) is 14.4 Å². The van der Waals surface area contributed by atoms with Crippen molar-refractivity contribution in [1.82, 2.24) is 20.5 Å². The molecule has 3 heterocycles. The van der Waals surface area contributed by atoms with Crippen LogP contribution in [0, 0.1) is 0 Å². The molecule has 3 N–H and O–H groups in total. The van der Waals surface area contributed by atoms with E-state index in [4.69, 9.17) is 0 Å². The number of fused-ring (bicyclic) bond motifs is 7. The predicted octanol–water partition coefficient (Wildman–Crippen LogP) is 3.59. The number of aromatic nitrogens is 1. The molecule has 0 radical (unpaired) electrons. The zero-order valence-electron chi connectivity index (χ0n) is 19.8. The number of nitrogens with zero attached hydrogens (tertiary/aromatic N) is 1. The summed E-state index contributed by atoms with van der Waals surface area (Å²) in [6, 6.07) is 14.1. The Morgan fingerprint density at radius 2 is 1.77 bits per heavy atom. The molecule has 7 heteroatoms. The minimum absolute atomic E-state index is 0.144. The largest absolute Gasteiger partial charge is 0.356 e. The van der Waals surface area contributed by atoms with E-state index in [1.165, 1.54) is 6.42 Å². The molecular formula is C28H30N4O3. The number of H-pyrrole nitrogens is 1. The van der Waals surface area contributed by atoms with E-state index in [0.717, 1.165) is 53.4 Å².